The van der Waals surface area contributed by atoms with Crippen LogP contribution in [0.3, 0.4) is 0 Å². The molecule has 0 radical (unpaired) electrons. The second-order valence-corrected chi connectivity index (χ2v) is 1.90. The predicted molar refractivity (Wildman–Crippen MR) is 38.0 cm³/mol. The van der Waals surface area contributed by atoms with Crippen molar-refractivity contribution < 1.29 is 9.13 Å². The van der Waals surface area contributed by atoms with Gasteiger partial charge in [-0.05, 0) is 6.07 Å². The molecule has 0 aliphatic heterocycles. The quantitative estimate of drug-likeness (QED) is 0.375. The van der Waals surface area contributed by atoms with Gasteiger partial charge in [-0.3, -0.25) is 5.41 Å². The van der Waals surface area contributed by atoms with E-state index in [9.17, 15) is 4.39 Å². The Morgan fingerprint density at radius 2 is 2.45 bits per heavy atom. The maximum atomic E-state index is 12.4. The fraction of sp³-hybridized carbons (Fsp3) is 0.143. The zero-order valence-electron chi connectivity index (χ0n) is 5.97. The lowest BCUT2D eigenvalue weighted by molar-refractivity contribution is 0.400. The fourth-order valence-electron chi connectivity index (χ4n) is 0.662. The lowest BCUT2D eigenvalue weighted by Crippen LogP contribution is -2.01. The number of hydrogen-bond donors (Lipinski definition) is 1. The second-order valence-electron chi connectivity index (χ2n) is 1.90. The van der Waals surface area contributed by atoms with Gasteiger partial charge in [0, 0.05) is 17.8 Å². The van der Waals surface area contributed by atoms with Crippen LogP contribution in [0.25, 0.3) is 0 Å². The molecule has 0 bridgehead atoms. The lowest BCUT2D eigenvalue weighted by Gasteiger charge is -1.99. The van der Waals surface area contributed by atoms with Crippen LogP contribution in [0.15, 0.2) is 18.3 Å². The van der Waals surface area contributed by atoms with Gasteiger partial charge in [-0.15, -0.1) is 0 Å². The number of aromatic nitrogens is 1. The van der Waals surface area contributed by atoms with Gasteiger partial charge in [-0.25, -0.2) is 4.98 Å². The van der Waals surface area contributed by atoms with E-state index in [1.807, 2.05) is 0 Å². The monoisotopic (exact) mass is 154 g/mol. The summed E-state index contributed by atoms with van der Waals surface area (Å²) in [4.78, 5) is 3.34. The van der Waals surface area contributed by atoms with Crippen molar-refractivity contribution in [3.63, 3.8) is 0 Å². The summed E-state index contributed by atoms with van der Waals surface area (Å²) in [5, 5.41) is 7.16. The molecule has 0 unspecified atom stereocenters. The van der Waals surface area contributed by atoms with Crippen molar-refractivity contribution >= 4 is 5.90 Å². The summed E-state index contributed by atoms with van der Waals surface area (Å²) in [5.74, 6) is -0.671. The minimum atomic E-state index is -0.607. The molecule has 0 fully saturated rings. The van der Waals surface area contributed by atoms with Crippen LogP contribution in [-0.4, -0.2) is 18.0 Å². The molecule has 0 saturated carbocycles. The highest BCUT2D eigenvalue weighted by Crippen LogP contribution is 2.01. The third kappa shape index (κ3) is 1.73. The summed E-state index contributed by atoms with van der Waals surface area (Å²) in [6, 6.07) is 2.65. The number of halogens is 1. The molecule has 0 aliphatic rings. The van der Waals surface area contributed by atoms with Crippen LogP contribution in [-0.2, 0) is 4.74 Å². The molecule has 0 aliphatic carbocycles. The molecule has 1 aromatic rings. The maximum Gasteiger partial charge on any atom is 0.213 e. The molecular formula is C7H7FN2O. The Bertz CT molecular complexity index is 275. The van der Waals surface area contributed by atoms with Gasteiger partial charge in [0.1, 0.15) is 0 Å². The number of nitrogens with zero attached hydrogens (tertiary/aromatic N) is 1. The summed E-state index contributed by atoms with van der Waals surface area (Å²) in [6.07, 6.45) is 1.29. The second kappa shape index (κ2) is 3.09. The Balaban J connectivity index is 2.96. The van der Waals surface area contributed by atoms with Crippen LogP contribution in [0.1, 0.15) is 5.56 Å². The van der Waals surface area contributed by atoms with E-state index >= 15 is 0 Å². The molecule has 1 N–H and O–H groups in total. The third-order valence-electron chi connectivity index (χ3n) is 1.19. The average Bonchev–Trinajstić information content (AvgIpc) is 2.03. The van der Waals surface area contributed by atoms with Crippen molar-refractivity contribution in [1.82, 2.24) is 4.98 Å². The highest BCUT2D eigenvalue weighted by Gasteiger charge is 2.00. The Hall–Kier alpha value is -1.45. The normalized spacial score (nSPS) is 9.27. The van der Waals surface area contributed by atoms with Crippen LogP contribution in [0.4, 0.5) is 4.39 Å². The van der Waals surface area contributed by atoms with E-state index in [4.69, 9.17) is 5.41 Å². The predicted octanol–water partition coefficient (Wildman–Crippen LogP) is 1.19. The molecule has 1 aromatic heterocycles. The summed E-state index contributed by atoms with van der Waals surface area (Å²) >= 11 is 0. The number of nitrogens with one attached hydrogen (secondary N) is 1. The van der Waals surface area contributed by atoms with E-state index in [0.29, 0.717) is 5.56 Å². The molecule has 11 heavy (non-hydrogen) atoms. The minimum absolute atomic E-state index is 0.0636. The number of rotatable bonds is 1. The first-order chi connectivity index (χ1) is 5.24. The van der Waals surface area contributed by atoms with Crippen molar-refractivity contribution in [2.75, 3.05) is 7.11 Å². The third-order valence-corrected chi connectivity index (χ3v) is 1.19. The average molecular weight is 154 g/mol. The smallest absolute Gasteiger partial charge is 0.213 e. The first kappa shape index (κ1) is 7.65. The van der Waals surface area contributed by atoms with E-state index in [2.05, 4.69) is 9.72 Å². The largest absolute Gasteiger partial charge is 0.481 e. The highest BCUT2D eigenvalue weighted by atomic mass is 19.1. The SMILES string of the molecule is COC(=N)c1ccnc(F)c1. The summed E-state index contributed by atoms with van der Waals surface area (Å²) < 4.78 is 17.0. The molecular weight excluding hydrogens is 147 g/mol. The Labute approximate surface area is 63.3 Å². The molecule has 0 atom stereocenters. The van der Waals surface area contributed by atoms with E-state index < -0.39 is 5.95 Å². The van der Waals surface area contributed by atoms with Crippen LogP contribution in [0.5, 0.6) is 0 Å². The van der Waals surface area contributed by atoms with Gasteiger partial charge >= 0.3 is 0 Å². The molecule has 0 amide bonds. The van der Waals surface area contributed by atoms with Gasteiger partial charge in [0.15, 0.2) is 0 Å². The number of ether oxygens (including phenoxy) is 1. The van der Waals surface area contributed by atoms with Gasteiger partial charge in [0.25, 0.3) is 0 Å². The standard InChI is InChI=1S/C7H7FN2O/c1-11-7(9)5-2-3-10-6(8)4-5/h2-4,9H,1H3. The Kier molecular flexibility index (Phi) is 2.15. The fourth-order valence-corrected chi connectivity index (χ4v) is 0.662. The molecule has 0 spiro atoms. The van der Waals surface area contributed by atoms with Crippen LogP contribution < -0.4 is 0 Å². The van der Waals surface area contributed by atoms with Crippen molar-refractivity contribution in [1.29, 1.82) is 5.41 Å². The van der Waals surface area contributed by atoms with E-state index in [1.54, 1.807) is 0 Å². The van der Waals surface area contributed by atoms with Gasteiger partial charge in [-0.2, -0.15) is 4.39 Å². The van der Waals surface area contributed by atoms with Crippen molar-refractivity contribution in [2.24, 2.45) is 0 Å². The number of hydrogen-bond acceptors (Lipinski definition) is 3. The summed E-state index contributed by atoms with van der Waals surface area (Å²) in [5.41, 5.74) is 0.389. The van der Waals surface area contributed by atoms with E-state index in [1.165, 1.54) is 19.4 Å². The molecule has 0 aromatic carbocycles. The first-order valence-corrected chi connectivity index (χ1v) is 2.98. The van der Waals surface area contributed by atoms with Gasteiger partial charge < -0.3 is 4.74 Å². The van der Waals surface area contributed by atoms with Crippen molar-refractivity contribution in [3.05, 3.63) is 29.8 Å². The lowest BCUT2D eigenvalue weighted by atomic mass is 10.3. The zero-order chi connectivity index (χ0) is 8.27. The molecule has 4 heteroatoms. The Morgan fingerprint density at radius 3 is 3.00 bits per heavy atom. The minimum Gasteiger partial charge on any atom is -0.481 e. The van der Waals surface area contributed by atoms with Crippen LogP contribution in [0.2, 0.25) is 0 Å². The highest BCUT2D eigenvalue weighted by molar-refractivity contribution is 5.91. The van der Waals surface area contributed by atoms with E-state index in [0.717, 1.165) is 6.07 Å². The molecule has 1 heterocycles. The summed E-state index contributed by atoms with van der Waals surface area (Å²) in [7, 11) is 1.36. The first-order valence-electron chi connectivity index (χ1n) is 2.98. The van der Waals surface area contributed by atoms with Gasteiger partial charge in [0.05, 0.1) is 7.11 Å². The number of methoxy groups -OCH3 is 1. The Morgan fingerprint density at radius 1 is 1.73 bits per heavy atom. The van der Waals surface area contributed by atoms with Crippen LogP contribution in [0, 0.1) is 11.4 Å². The van der Waals surface area contributed by atoms with E-state index in [-0.39, 0.29) is 5.90 Å². The maximum absolute atomic E-state index is 12.4. The topological polar surface area (TPSA) is 46.0 Å². The summed E-state index contributed by atoms with van der Waals surface area (Å²) in [6.45, 7) is 0. The van der Waals surface area contributed by atoms with Gasteiger partial charge in [0.2, 0.25) is 11.8 Å². The molecule has 1 rings (SSSR count). The van der Waals surface area contributed by atoms with Crippen molar-refractivity contribution in [3.8, 4) is 0 Å². The van der Waals surface area contributed by atoms with Gasteiger partial charge in [-0.1, -0.05) is 0 Å². The number of pyridine rings is 1. The molecule has 58 valence electrons. The molecule has 3 nitrogen and oxygen atoms in total. The zero-order valence-corrected chi connectivity index (χ0v) is 5.97. The van der Waals surface area contributed by atoms with Crippen molar-refractivity contribution in [2.45, 2.75) is 0 Å². The van der Waals surface area contributed by atoms with Crippen LogP contribution >= 0.6 is 0 Å². The molecule has 0 saturated heterocycles.